The zero-order valence-corrected chi connectivity index (χ0v) is 16.9. The largest absolute Gasteiger partial charge is 0.390 e. The summed E-state index contributed by atoms with van der Waals surface area (Å²) in [5, 5.41) is 14.5. The molecule has 5 nitrogen and oxygen atoms in total. The number of benzene rings is 1. The van der Waals surface area contributed by atoms with Gasteiger partial charge in [-0.2, -0.15) is 0 Å². The van der Waals surface area contributed by atoms with Gasteiger partial charge in [0.2, 0.25) is 0 Å². The lowest BCUT2D eigenvalue weighted by Crippen LogP contribution is -2.51. The molecule has 3 rings (SSSR count). The van der Waals surface area contributed by atoms with Gasteiger partial charge in [0.15, 0.2) is 0 Å². The van der Waals surface area contributed by atoms with Gasteiger partial charge in [-0.05, 0) is 39.2 Å². The Morgan fingerprint density at radius 1 is 1.40 bits per heavy atom. The summed E-state index contributed by atoms with van der Waals surface area (Å²) in [5.74, 6) is -0.0552. The van der Waals surface area contributed by atoms with Crippen molar-refractivity contribution in [3.05, 3.63) is 41.7 Å². The maximum absolute atomic E-state index is 13.2. The SMILES string of the molecule is Cc1ccccc1-c1nocc1C(=O)N1CCC[C@H](C(C)(C)O)C1I. The Hall–Kier alpha value is -1.41. The molecule has 134 valence electrons. The lowest BCUT2D eigenvalue weighted by atomic mass is 9.84. The van der Waals surface area contributed by atoms with Gasteiger partial charge in [-0.25, -0.2) is 0 Å². The van der Waals surface area contributed by atoms with Crippen LogP contribution in [0.25, 0.3) is 11.3 Å². The Morgan fingerprint density at radius 2 is 2.12 bits per heavy atom. The zero-order chi connectivity index (χ0) is 18.2. The van der Waals surface area contributed by atoms with Crippen LogP contribution in [-0.2, 0) is 0 Å². The van der Waals surface area contributed by atoms with Crippen molar-refractivity contribution in [1.29, 1.82) is 0 Å². The number of alkyl halides is 1. The van der Waals surface area contributed by atoms with Crippen LogP contribution in [0.2, 0.25) is 0 Å². The number of carbonyl (C=O) groups is 1. The summed E-state index contributed by atoms with van der Waals surface area (Å²) in [4.78, 5) is 15.0. The molecule has 0 bridgehead atoms. The molecule has 1 aliphatic heterocycles. The van der Waals surface area contributed by atoms with Crippen LogP contribution in [-0.4, -0.2) is 37.3 Å². The molecule has 6 heteroatoms. The molecule has 0 radical (unpaired) electrons. The molecule has 2 atom stereocenters. The number of rotatable bonds is 3. The van der Waals surface area contributed by atoms with Crippen molar-refractivity contribution in [2.75, 3.05) is 6.54 Å². The predicted molar refractivity (Wildman–Crippen MR) is 105 cm³/mol. The smallest absolute Gasteiger partial charge is 0.260 e. The number of hydrogen-bond acceptors (Lipinski definition) is 4. The van der Waals surface area contributed by atoms with Crippen LogP contribution < -0.4 is 0 Å². The fourth-order valence-electron chi connectivity index (χ4n) is 3.44. The molecule has 1 N–H and O–H groups in total. The molecule has 1 unspecified atom stereocenters. The summed E-state index contributed by atoms with van der Waals surface area (Å²) < 4.78 is 5.08. The van der Waals surface area contributed by atoms with E-state index >= 15 is 0 Å². The number of carbonyl (C=O) groups excluding carboxylic acids is 1. The molecule has 0 spiro atoms. The molecule has 25 heavy (non-hydrogen) atoms. The normalized spacial score (nSPS) is 21.4. The molecule has 1 aromatic heterocycles. The standard InChI is InChI=1S/C19H23IN2O3/c1-12-7-4-5-8-13(12)16-14(11-25-21-16)18(23)22-10-6-9-15(17(22)20)19(2,3)24/h4-5,7-8,11,15,17,24H,6,9-10H2,1-3H3/t15-,17?/m0/s1. The van der Waals surface area contributed by atoms with E-state index < -0.39 is 5.60 Å². The monoisotopic (exact) mass is 454 g/mol. The number of likely N-dealkylation sites (tertiary alicyclic amines) is 1. The van der Waals surface area contributed by atoms with E-state index in [1.165, 1.54) is 6.26 Å². The summed E-state index contributed by atoms with van der Waals surface area (Å²) in [6.45, 7) is 6.30. The molecule has 2 aromatic rings. The minimum Gasteiger partial charge on any atom is -0.390 e. The van der Waals surface area contributed by atoms with Crippen molar-refractivity contribution in [1.82, 2.24) is 10.1 Å². The van der Waals surface area contributed by atoms with Crippen molar-refractivity contribution in [3.8, 4) is 11.3 Å². The van der Waals surface area contributed by atoms with Crippen molar-refractivity contribution in [2.45, 2.75) is 43.3 Å². The van der Waals surface area contributed by atoms with Gasteiger partial charge < -0.3 is 14.5 Å². The minimum absolute atomic E-state index is 0.0348. The number of piperidine rings is 1. The van der Waals surface area contributed by atoms with E-state index in [0.717, 1.165) is 24.0 Å². The van der Waals surface area contributed by atoms with Gasteiger partial charge in [-0.3, -0.25) is 4.79 Å². The fourth-order valence-corrected chi connectivity index (χ4v) is 5.21. The van der Waals surface area contributed by atoms with Crippen molar-refractivity contribution in [2.24, 2.45) is 5.92 Å². The molecule has 1 aromatic carbocycles. The first-order chi connectivity index (χ1) is 11.8. The van der Waals surface area contributed by atoms with Crippen LogP contribution >= 0.6 is 22.6 Å². The molecule has 1 fully saturated rings. The number of nitrogens with zero attached hydrogens (tertiary/aromatic N) is 2. The van der Waals surface area contributed by atoms with Crippen LogP contribution in [0.15, 0.2) is 35.1 Å². The molecule has 2 heterocycles. The van der Waals surface area contributed by atoms with Crippen LogP contribution in [0.1, 0.15) is 42.6 Å². The van der Waals surface area contributed by atoms with Crippen LogP contribution in [0.4, 0.5) is 0 Å². The molecule has 1 saturated heterocycles. The van der Waals surface area contributed by atoms with E-state index in [1.54, 1.807) is 0 Å². The summed E-state index contributed by atoms with van der Waals surface area (Å²) in [6, 6.07) is 7.82. The molecule has 0 saturated carbocycles. The molecule has 1 aliphatic rings. The minimum atomic E-state index is -0.821. The van der Waals surface area contributed by atoms with Gasteiger partial charge in [0, 0.05) is 18.0 Å². The number of halogens is 1. The van der Waals surface area contributed by atoms with E-state index in [9.17, 15) is 9.90 Å². The summed E-state index contributed by atoms with van der Waals surface area (Å²) in [5.41, 5.74) is 2.19. The number of aryl methyl sites for hydroxylation is 1. The van der Waals surface area contributed by atoms with E-state index in [0.29, 0.717) is 17.8 Å². The Bertz CT molecular complexity index is 766. The maximum Gasteiger partial charge on any atom is 0.260 e. The van der Waals surface area contributed by atoms with Crippen LogP contribution in [0, 0.1) is 12.8 Å². The summed E-state index contributed by atoms with van der Waals surface area (Å²) >= 11 is 2.27. The second-order valence-corrected chi connectivity index (χ2v) is 8.44. The van der Waals surface area contributed by atoms with E-state index in [4.69, 9.17) is 4.52 Å². The van der Waals surface area contributed by atoms with E-state index in [-0.39, 0.29) is 15.9 Å². The highest BCUT2D eigenvalue weighted by Crippen LogP contribution is 2.37. The predicted octanol–water partition coefficient (Wildman–Crippen LogP) is 4.03. The van der Waals surface area contributed by atoms with E-state index in [2.05, 4.69) is 27.7 Å². The molecule has 0 aliphatic carbocycles. The number of hydrogen-bond donors (Lipinski definition) is 1. The lowest BCUT2D eigenvalue weighted by Gasteiger charge is -2.43. The van der Waals surface area contributed by atoms with Gasteiger partial charge in [-0.1, -0.05) is 52.0 Å². The second kappa shape index (κ2) is 7.07. The number of aromatic nitrogens is 1. The third kappa shape index (κ3) is 3.60. The molecule has 1 amide bonds. The maximum atomic E-state index is 13.2. The average molecular weight is 454 g/mol. The van der Waals surface area contributed by atoms with Gasteiger partial charge >= 0.3 is 0 Å². The highest BCUT2D eigenvalue weighted by atomic mass is 127. The Morgan fingerprint density at radius 3 is 2.80 bits per heavy atom. The summed E-state index contributed by atoms with van der Waals surface area (Å²) in [7, 11) is 0. The topological polar surface area (TPSA) is 66.6 Å². The van der Waals surface area contributed by atoms with Crippen LogP contribution in [0.3, 0.4) is 0 Å². The van der Waals surface area contributed by atoms with Crippen LogP contribution in [0.5, 0.6) is 0 Å². The van der Waals surface area contributed by atoms with Crippen molar-refractivity contribution in [3.63, 3.8) is 0 Å². The molecular weight excluding hydrogens is 431 g/mol. The molecular formula is C19H23IN2O3. The third-order valence-corrected chi connectivity index (χ3v) is 6.45. The fraction of sp³-hybridized carbons (Fsp3) is 0.474. The van der Waals surface area contributed by atoms with Gasteiger partial charge in [0.1, 0.15) is 17.5 Å². The highest BCUT2D eigenvalue weighted by Gasteiger charge is 2.41. The van der Waals surface area contributed by atoms with E-state index in [1.807, 2.05) is 49.9 Å². The summed E-state index contributed by atoms with van der Waals surface area (Å²) in [6.07, 6.45) is 3.22. The number of aliphatic hydroxyl groups is 1. The van der Waals surface area contributed by atoms with Gasteiger partial charge in [0.25, 0.3) is 5.91 Å². The highest BCUT2D eigenvalue weighted by molar-refractivity contribution is 14.1. The Kier molecular flexibility index (Phi) is 5.20. The Labute approximate surface area is 161 Å². The lowest BCUT2D eigenvalue weighted by molar-refractivity contribution is -0.0191. The first-order valence-electron chi connectivity index (χ1n) is 8.48. The zero-order valence-electron chi connectivity index (χ0n) is 14.7. The Balaban J connectivity index is 1.92. The third-order valence-electron chi connectivity index (χ3n) is 4.91. The quantitative estimate of drug-likeness (QED) is 0.432. The van der Waals surface area contributed by atoms with Gasteiger partial charge in [-0.15, -0.1) is 0 Å². The second-order valence-electron chi connectivity index (χ2n) is 7.17. The van der Waals surface area contributed by atoms with Crippen molar-refractivity contribution >= 4 is 28.5 Å². The van der Waals surface area contributed by atoms with Crippen molar-refractivity contribution < 1.29 is 14.4 Å². The average Bonchev–Trinajstić information content (AvgIpc) is 3.03. The van der Waals surface area contributed by atoms with Gasteiger partial charge in [0.05, 0.1) is 9.65 Å². The first-order valence-corrected chi connectivity index (χ1v) is 9.73. The first kappa shape index (κ1) is 18.4. The number of amides is 1.